The molecule has 0 unspecified atom stereocenters. The van der Waals surface area contributed by atoms with E-state index < -0.39 is 0 Å². The van der Waals surface area contributed by atoms with Crippen molar-refractivity contribution in [1.82, 2.24) is 4.90 Å². The molecule has 0 aromatic carbocycles. The number of carbonyl (C=O) groups is 1. The van der Waals surface area contributed by atoms with E-state index in [1.165, 1.54) is 19.3 Å². The highest BCUT2D eigenvalue weighted by Gasteiger charge is 2.36. The van der Waals surface area contributed by atoms with E-state index in [1.807, 2.05) is 0 Å². The summed E-state index contributed by atoms with van der Waals surface area (Å²) in [5.41, 5.74) is 0. The fourth-order valence-corrected chi connectivity index (χ4v) is 2.94. The Morgan fingerprint density at radius 3 is 3.00 bits per heavy atom. The minimum atomic E-state index is 0.353. The molecule has 0 spiro atoms. The van der Waals surface area contributed by atoms with Crippen molar-refractivity contribution in [2.24, 2.45) is 5.92 Å². The van der Waals surface area contributed by atoms with Gasteiger partial charge in [-0.3, -0.25) is 4.79 Å². The summed E-state index contributed by atoms with van der Waals surface area (Å²) in [5, 5.41) is 0. The fourth-order valence-electron chi connectivity index (χ4n) is 2.58. The van der Waals surface area contributed by atoms with Gasteiger partial charge in [0.25, 0.3) is 0 Å². The lowest BCUT2D eigenvalue weighted by atomic mass is 9.84. The molecule has 2 aliphatic rings. The zero-order valence-corrected chi connectivity index (χ0v) is 8.59. The first-order valence-corrected chi connectivity index (χ1v) is 5.72. The molecular weight excluding hydrogens is 186 g/mol. The van der Waals surface area contributed by atoms with Gasteiger partial charge in [-0.2, -0.15) is 0 Å². The second-order valence-corrected chi connectivity index (χ2v) is 4.41. The molecule has 0 radical (unpaired) electrons. The zero-order chi connectivity index (χ0) is 9.26. The van der Waals surface area contributed by atoms with Crippen molar-refractivity contribution in [3.05, 3.63) is 0 Å². The van der Waals surface area contributed by atoms with Crippen LogP contribution in [-0.2, 0) is 4.79 Å². The quantitative estimate of drug-likeness (QED) is 0.595. The molecule has 0 N–H and O–H groups in total. The average Bonchev–Trinajstić information content (AvgIpc) is 2.19. The van der Waals surface area contributed by atoms with Gasteiger partial charge >= 0.3 is 0 Å². The van der Waals surface area contributed by atoms with Crippen LogP contribution in [0.2, 0.25) is 0 Å². The van der Waals surface area contributed by atoms with E-state index in [0.29, 0.717) is 30.2 Å². The van der Waals surface area contributed by atoms with Gasteiger partial charge in [0.1, 0.15) is 0 Å². The lowest BCUT2D eigenvalue weighted by molar-refractivity contribution is -0.140. The van der Waals surface area contributed by atoms with Crippen LogP contribution in [0, 0.1) is 5.92 Å². The predicted octanol–water partition coefficient (Wildman–Crippen LogP) is 2.02. The molecule has 2 atom stereocenters. The number of amides is 1. The number of carbonyl (C=O) groups excluding carboxylic acids is 1. The molecule has 0 saturated carbocycles. The maximum atomic E-state index is 11.6. The second-order valence-electron chi connectivity index (χ2n) is 4.10. The highest BCUT2D eigenvalue weighted by atomic mass is 35.5. The molecule has 0 aliphatic carbocycles. The molecule has 2 heterocycles. The summed E-state index contributed by atoms with van der Waals surface area (Å²) in [4.78, 5) is 13.6. The summed E-state index contributed by atoms with van der Waals surface area (Å²) in [7, 11) is 0. The van der Waals surface area contributed by atoms with Gasteiger partial charge in [-0.25, -0.2) is 0 Å². The Labute approximate surface area is 84.2 Å². The van der Waals surface area contributed by atoms with Gasteiger partial charge < -0.3 is 4.90 Å². The number of piperidine rings is 2. The summed E-state index contributed by atoms with van der Waals surface area (Å²) in [5.74, 6) is 1.62. The summed E-state index contributed by atoms with van der Waals surface area (Å²) in [6, 6.07) is 0.465. The molecule has 13 heavy (non-hydrogen) atoms. The first kappa shape index (κ1) is 9.32. The van der Waals surface area contributed by atoms with Crippen LogP contribution in [0.15, 0.2) is 0 Å². The Kier molecular flexibility index (Phi) is 2.77. The minimum Gasteiger partial charge on any atom is -0.339 e. The molecule has 0 aromatic heterocycles. The molecule has 2 saturated heterocycles. The lowest BCUT2D eigenvalue weighted by Gasteiger charge is -2.43. The fraction of sp³-hybridized carbons (Fsp3) is 0.900. The average molecular weight is 202 g/mol. The van der Waals surface area contributed by atoms with E-state index >= 15 is 0 Å². The smallest absolute Gasteiger partial charge is 0.222 e. The number of hydrogen-bond donors (Lipinski definition) is 0. The molecule has 0 bridgehead atoms. The molecule has 1 amide bonds. The summed E-state index contributed by atoms with van der Waals surface area (Å²) >= 11 is 5.91. The Hall–Kier alpha value is -0.240. The number of fused-ring (bicyclic) bond motifs is 1. The first-order chi connectivity index (χ1) is 6.33. The summed E-state index contributed by atoms with van der Waals surface area (Å²) in [6.07, 6.45) is 5.33. The van der Waals surface area contributed by atoms with Crippen LogP contribution in [0.5, 0.6) is 0 Å². The first-order valence-electron chi connectivity index (χ1n) is 5.18. The maximum Gasteiger partial charge on any atom is 0.222 e. The molecule has 2 aliphatic heterocycles. The lowest BCUT2D eigenvalue weighted by Crippen LogP contribution is -2.51. The van der Waals surface area contributed by atoms with Gasteiger partial charge in [-0.15, -0.1) is 11.6 Å². The molecule has 2 rings (SSSR count). The van der Waals surface area contributed by atoms with E-state index in [9.17, 15) is 4.79 Å². The molecule has 74 valence electrons. The van der Waals surface area contributed by atoms with Crippen LogP contribution >= 0.6 is 11.6 Å². The second kappa shape index (κ2) is 3.87. The van der Waals surface area contributed by atoms with Crippen LogP contribution in [0.3, 0.4) is 0 Å². The van der Waals surface area contributed by atoms with Crippen LogP contribution in [0.25, 0.3) is 0 Å². The topological polar surface area (TPSA) is 20.3 Å². The van der Waals surface area contributed by atoms with Crippen molar-refractivity contribution in [1.29, 1.82) is 0 Å². The summed E-state index contributed by atoms with van der Waals surface area (Å²) in [6.45, 7) is 0.969. The van der Waals surface area contributed by atoms with Crippen molar-refractivity contribution in [3.63, 3.8) is 0 Å². The number of alkyl halides is 1. The zero-order valence-electron chi connectivity index (χ0n) is 7.84. The highest BCUT2D eigenvalue weighted by Crippen LogP contribution is 2.31. The van der Waals surface area contributed by atoms with Crippen molar-refractivity contribution >= 4 is 17.5 Å². The minimum absolute atomic E-state index is 0.353. The standard InChI is InChI=1S/C10H16ClNO/c11-7-8-4-5-10(13)12-6-2-1-3-9(8)12/h8-9H,1-7H2/t8-,9+/m0/s1. The number of hydrogen-bond acceptors (Lipinski definition) is 1. The third kappa shape index (κ3) is 1.69. The molecular formula is C10H16ClNO. The third-order valence-corrected chi connectivity index (χ3v) is 3.74. The number of rotatable bonds is 1. The SMILES string of the molecule is O=C1CC[C@@H](CCl)[C@H]2CCCCN12. The Balaban J connectivity index is 2.09. The van der Waals surface area contributed by atoms with Crippen LogP contribution in [-0.4, -0.2) is 29.3 Å². The number of nitrogens with zero attached hydrogens (tertiary/aromatic N) is 1. The van der Waals surface area contributed by atoms with E-state index in [2.05, 4.69) is 4.90 Å². The molecule has 0 aromatic rings. The summed E-state index contributed by atoms with van der Waals surface area (Å²) < 4.78 is 0. The molecule has 2 nitrogen and oxygen atoms in total. The largest absolute Gasteiger partial charge is 0.339 e. The van der Waals surface area contributed by atoms with Gasteiger partial charge in [-0.05, 0) is 31.6 Å². The highest BCUT2D eigenvalue weighted by molar-refractivity contribution is 6.18. The monoisotopic (exact) mass is 201 g/mol. The van der Waals surface area contributed by atoms with Crippen molar-refractivity contribution < 1.29 is 4.79 Å². The third-order valence-electron chi connectivity index (χ3n) is 3.34. The Morgan fingerprint density at radius 2 is 2.23 bits per heavy atom. The van der Waals surface area contributed by atoms with E-state index in [4.69, 9.17) is 11.6 Å². The van der Waals surface area contributed by atoms with Crippen molar-refractivity contribution in [2.75, 3.05) is 12.4 Å². The van der Waals surface area contributed by atoms with Crippen LogP contribution in [0.4, 0.5) is 0 Å². The van der Waals surface area contributed by atoms with Gasteiger partial charge in [0.15, 0.2) is 0 Å². The molecule has 2 fully saturated rings. The van der Waals surface area contributed by atoms with Gasteiger partial charge in [0.2, 0.25) is 5.91 Å². The van der Waals surface area contributed by atoms with Crippen LogP contribution < -0.4 is 0 Å². The Morgan fingerprint density at radius 1 is 1.38 bits per heavy atom. The molecule has 3 heteroatoms. The van der Waals surface area contributed by atoms with E-state index in [-0.39, 0.29) is 0 Å². The normalized spacial score (nSPS) is 34.5. The predicted molar refractivity (Wildman–Crippen MR) is 52.8 cm³/mol. The van der Waals surface area contributed by atoms with Gasteiger partial charge in [0.05, 0.1) is 0 Å². The van der Waals surface area contributed by atoms with Crippen molar-refractivity contribution in [3.8, 4) is 0 Å². The van der Waals surface area contributed by atoms with Gasteiger partial charge in [-0.1, -0.05) is 0 Å². The van der Waals surface area contributed by atoms with Gasteiger partial charge in [0, 0.05) is 24.9 Å². The van der Waals surface area contributed by atoms with Crippen molar-refractivity contribution in [2.45, 2.75) is 38.1 Å². The van der Waals surface area contributed by atoms with Crippen LogP contribution in [0.1, 0.15) is 32.1 Å². The van der Waals surface area contributed by atoms with E-state index in [1.54, 1.807) is 0 Å². The maximum absolute atomic E-state index is 11.6. The van der Waals surface area contributed by atoms with E-state index in [0.717, 1.165) is 13.0 Å². The Bertz CT molecular complexity index is 207. The number of halogens is 1.